The third-order valence-corrected chi connectivity index (χ3v) is 6.27. The molecule has 0 radical (unpaired) electrons. The molecule has 0 aliphatic carbocycles. The van der Waals surface area contributed by atoms with E-state index in [1.807, 2.05) is 0 Å². The fourth-order valence-electron chi connectivity index (χ4n) is 1.94. The first-order chi connectivity index (χ1) is 9.57. The van der Waals surface area contributed by atoms with E-state index in [0.717, 1.165) is 25.3 Å². The molecule has 0 aliphatic heterocycles. The molecular weight excluding hydrogens is 280 g/mol. The molecule has 7 heteroatoms. The maximum absolute atomic E-state index is 10.8. The van der Waals surface area contributed by atoms with E-state index >= 15 is 0 Å². The molecule has 0 N–H and O–H groups in total. The van der Waals surface area contributed by atoms with Crippen molar-refractivity contribution in [2.24, 2.45) is 5.41 Å². The summed E-state index contributed by atoms with van der Waals surface area (Å²) in [5.41, 5.74) is -1.45. The molecule has 0 unspecified atom stereocenters. The van der Waals surface area contributed by atoms with Crippen LogP contribution in [0.3, 0.4) is 0 Å². The van der Waals surface area contributed by atoms with Crippen LogP contribution in [0.5, 0.6) is 0 Å². The van der Waals surface area contributed by atoms with Gasteiger partial charge in [0.05, 0.1) is 0 Å². The van der Waals surface area contributed by atoms with Gasteiger partial charge in [0.2, 0.25) is 0 Å². The van der Waals surface area contributed by atoms with Gasteiger partial charge in [0.15, 0.2) is 0 Å². The van der Waals surface area contributed by atoms with Crippen LogP contribution in [-0.4, -0.2) is 49.0 Å². The van der Waals surface area contributed by atoms with Gasteiger partial charge in [-0.15, -0.1) is 0 Å². The molecule has 6 nitrogen and oxygen atoms in total. The molecule has 116 valence electrons. The van der Waals surface area contributed by atoms with Crippen LogP contribution < -0.4 is 0 Å². The summed E-state index contributed by atoms with van der Waals surface area (Å²) in [5, 5.41) is 0. The monoisotopic (exact) mass is 304 g/mol. The van der Waals surface area contributed by atoms with Crippen LogP contribution in [0.4, 0.5) is 0 Å². The van der Waals surface area contributed by atoms with Crippen molar-refractivity contribution < 1.29 is 27.7 Å². The van der Waals surface area contributed by atoms with Gasteiger partial charge in [0.1, 0.15) is 24.3 Å². The van der Waals surface area contributed by atoms with Gasteiger partial charge in [0.25, 0.3) is 0 Å². The maximum atomic E-state index is 10.8. The fourth-order valence-corrected chi connectivity index (χ4v) is 3.74. The van der Waals surface area contributed by atoms with Crippen LogP contribution in [0.2, 0.25) is 6.04 Å². The summed E-state index contributed by atoms with van der Waals surface area (Å²) >= 11 is 0. The van der Waals surface area contributed by atoms with Gasteiger partial charge < -0.3 is 27.7 Å². The topological polar surface area (TPSA) is 78.9 Å². The van der Waals surface area contributed by atoms with Crippen LogP contribution in [-0.2, 0) is 27.7 Å². The fraction of sp³-hybridized carbons (Fsp3) is 0.769. The molecule has 0 saturated carbocycles. The van der Waals surface area contributed by atoms with Gasteiger partial charge >= 0.3 is 8.80 Å². The maximum Gasteiger partial charge on any atom is 0.500 e. The molecule has 0 aromatic heterocycles. The summed E-state index contributed by atoms with van der Waals surface area (Å²) in [5.74, 6) is 0. The highest BCUT2D eigenvalue weighted by molar-refractivity contribution is 6.60. The minimum Gasteiger partial charge on any atom is -0.377 e. The van der Waals surface area contributed by atoms with Crippen LogP contribution in [0.25, 0.3) is 0 Å². The lowest BCUT2D eigenvalue weighted by Gasteiger charge is -2.24. The Bertz CT molecular complexity index is 273. The second-order valence-electron chi connectivity index (χ2n) is 4.68. The number of hydrogen-bond donors (Lipinski definition) is 0. The van der Waals surface area contributed by atoms with E-state index < -0.39 is 14.2 Å². The molecule has 0 spiro atoms. The van der Waals surface area contributed by atoms with Gasteiger partial charge in [-0.1, -0.05) is 19.3 Å². The molecule has 0 saturated heterocycles. The van der Waals surface area contributed by atoms with Crippen molar-refractivity contribution in [3.63, 3.8) is 0 Å². The van der Waals surface area contributed by atoms with Crippen molar-refractivity contribution >= 4 is 27.7 Å². The smallest absolute Gasteiger partial charge is 0.377 e. The van der Waals surface area contributed by atoms with Gasteiger partial charge in [-0.3, -0.25) is 0 Å². The Balaban J connectivity index is 3.95. The molecule has 0 amide bonds. The van der Waals surface area contributed by atoms with Crippen molar-refractivity contribution in [3.8, 4) is 0 Å². The number of rotatable bonds is 13. The van der Waals surface area contributed by atoms with E-state index in [1.165, 1.54) is 0 Å². The summed E-state index contributed by atoms with van der Waals surface area (Å²) < 4.78 is 15.9. The minimum absolute atomic E-state index is 0.269. The quantitative estimate of drug-likeness (QED) is 0.221. The van der Waals surface area contributed by atoms with Gasteiger partial charge in [0, 0.05) is 27.4 Å². The van der Waals surface area contributed by atoms with Crippen molar-refractivity contribution in [1.82, 2.24) is 0 Å². The normalized spacial score (nSPS) is 12.2. The highest BCUT2D eigenvalue weighted by atomic mass is 28.4. The molecule has 0 aromatic carbocycles. The Morgan fingerprint density at radius 1 is 0.800 bits per heavy atom. The molecule has 0 atom stereocenters. The third kappa shape index (κ3) is 5.62. The average molecular weight is 304 g/mol. The lowest BCUT2D eigenvalue weighted by Crippen LogP contribution is -2.42. The molecule has 0 bridgehead atoms. The summed E-state index contributed by atoms with van der Waals surface area (Å²) in [4.78, 5) is 32.3. The van der Waals surface area contributed by atoms with E-state index in [9.17, 15) is 14.4 Å². The van der Waals surface area contributed by atoms with Crippen LogP contribution >= 0.6 is 0 Å². The zero-order chi connectivity index (χ0) is 15.5. The Kier molecular flexibility index (Phi) is 9.48. The van der Waals surface area contributed by atoms with Gasteiger partial charge in [-0.2, -0.15) is 0 Å². The second-order valence-corrected chi connectivity index (χ2v) is 7.77. The molecular formula is C13H24O6Si. The first-order valence-electron chi connectivity index (χ1n) is 6.62. The van der Waals surface area contributed by atoms with Gasteiger partial charge in [-0.25, -0.2) is 0 Å². The molecule has 0 rings (SSSR count). The van der Waals surface area contributed by atoms with Gasteiger partial charge in [-0.05, 0) is 12.8 Å². The molecule has 0 aromatic rings. The van der Waals surface area contributed by atoms with E-state index in [-0.39, 0.29) is 6.42 Å². The van der Waals surface area contributed by atoms with Crippen molar-refractivity contribution in [3.05, 3.63) is 0 Å². The van der Waals surface area contributed by atoms with E-state index in [0.29, 0.717) is 25.3 Å². The summed E-state index contributed by atoms with van der Waals surface area (Å²) in [6, 6.07) is 0.719. The highest BCUT2D eigenvalue weighted by Crippen LogP contribution is 2.21. The predicted octanol–water partition coefficient (Wildman–Crippen LogP) is 1.40. The number of carbonyl (C=O) groups is 3. The Hall–Kier alpha value is -0.893. The summed E-state index contributed by atoms with van der Waals surface area (Å²) in [6.07, 6.45) is 4.79. The summed E-state index contributed by atoms with van der Waals surface area (Å²) in [7, 11) is 2.22. The number of hydrogen-bond acceptors (Lipinski definition) is 6. The van der Waals surface area contributed by atoms with E-state index in [4.69, 9.17) is 13.3 Å². The molecule has 0 fully saturated rings. The largest absolute Gasteiger partial charge is 0.500 e. The van der Waals surface area contributed by atoms with Crippen molar-refractivity contribution in [2.75, 3.05) is 21.3 Å². The number of carbonyl (C=O) groups excluding carboxylic acids is 3. The zero-order valence-corrected chi connectivity index (χ0v) is 13.4. The Morgan fingerprint density at radius 3 is 1.65 bits per heavy atom. The SMILES string of the molecule is CO[Si](CCCCCCC(C=O)(C=O)C=O)(OC)OC. The number of unbranched alkanes of at least 4 members (excludes halogenated alkanes) is 3. The third-order valence-electron chi connectivity index (χ3n) is 3.43. The van der Waals surface area contributed by atoms with Crippen LogP contribution in [0.1, 0.15) is 32.1 Å². The minimum atomic E-state index is -2.50. The predicted molar refractivity (Wildman–Crippen MR) is 75.3 cm³/mol. The molecule has 0 heterocycles. The lowest BCUT2D eigenvalue weighted by atomic mass is 9.87. The van der Waals surface area contributed by atoms with E-state index in [2.05, 4.69) is 0 Å². The molecule has 0 aliphatic rings. The Labute approximate surface area is 121 Å². The first kappa shape index (κ1) is 19.1. The van der Waals surface area contributed by atoms with Crippen LogP contribution in [0.15, 0.2) is 0 Å². The molecule has 20 heavy (non-hydrogen) atoms. The van der Waals surface area contributed by atoms with Crippen molar-refractivity contribution in [1.29, 1.82) is 0 Å². The van der Waals surface area contributed by atoms with E-state index in [1.54, 1.807) is 21.3 Å². The zero-order valence-electron chi connectivity index (χ0n) is 12.4. The average Bonchev–Trinajstić information content (AvgIpc) is 2.52. The lowest BCUT2D eigenvalue weighted by molar-refractivity contribution is -0.133. The first-order valence-corrected chi connectivity index (χ1v) is 8.55. The van der Waals surface area contributed by atoms with Crippen molar-refractivity contribution in [2.45, 2.75) is 38.1 Å². The Morgan fingerprint density at radius 2 is 1.25 bits per heavy atom. The van der Waals surface area contributed by atoms with Crippen LogP contribution in [0, 0.1) is 5.41 Å². The number of aldehydes is 3. The second kappa shape index (κ2) is 9.92. The highest BCUT2D eigenvalue weighted by Gasteiger charge is 2.36. The standard InChI is InChI=1S/C13H24O6Si/c1-17-20(18-2,19-3)9-7-5-4-6-8-13(10-14,11-15)12-16/h10-12H,4-9H2,1-3H3. The summed E-state index contributed by atoms with van der Waals surface area (Å²) in [6.45, 7) is 0.